The zero-order chi connectivity index (χ0) is 21.3. The maximum absolute atomic E-state index is 14.3. The highest BCUT2D eigenvalue weighted by Gasteiger charge is 2.21. The Morgan fingerprint density at radius 1 is 1.20 bits per heavy atom. The Bertz CT molecular complexity index is 1240. The third-order valence-electron chi connectivity index (χ3n) is 4.18. The summed E-state index contributed by atoms with van der Waals surface area (Å²) < 4.78 is 41.9. The van der Waals surface area contributed by atoms with E-state index in [4.69, 9.17) is 11.6 Å². The fourth-order valence-electron chi connectivity index (χ4n) is 2.79. The molecule has 0 radical (unpaired) electrons. The van der Waals surface area contributed by atoms with Gasteiger partial charge in [0.05, 0.1) is 17.1 Å². The molecule has 8 nitrogen and oxygen atoms in total. The Morgan fingerprint density at radius 2 is 2.03 bits per heavy atom. The molecule has 2 aromatic heterocycles. The van der Waals surface area contributed by atoms with Crippen LogP contribution in [0.1, 0.15) is 11.4 Å². The predicted octanol–water partition coefficient (Wildman–Crippen LogP) is 4.22. The number of imidazole rings is 2. The average molecular weight is 436 g/mol. The van der Waals surface area contributed by atoms with Gasteiger partial charge in [0.1, 0.15) is 17.2 Å². The molecular formula is C18H13ClF3N7O. The van der Waals surface area contributed by atoms with Crippen LogP contribution >= 0.6 is 11.6 Å². The summed E-state index contributed by atoms with van der Waals surface area (Å²) in [5, 5.41) is 18.0. The molecule has 0 spiro atoms. The van der Waals surface area contributed by atoms with Gasteiger partial charge in [0.2, 0.25) is 5.95 Å². The molecule has 0 aliphatic heterocycles. The van der Waals surface area contributed by atoms with Gasteiger partial charge in [-0.3, -0.25) is 0 Å². The summed E-state index contributed by atoms with van der Waals surface area (Å²) >= 11 is 5.75. The van der Waals surface area contributed by atoms with Gasteiger partial charge in [-0.1, -0.05) is 16.8 Å². The van der Waals surface area contributed by atoms with E-state index in [0.717, 1.165) is 12.1 Å². The Hall–Kier alpha value is -3.73. The van der Waals surface area contributed by atoms with Crippen molar-refractivity contribution < 1.29 is 18.4 Å². The van der Waals surface area contributed by atoms with Crippen LogP contribution in [0, 0.1) is 17.5 Å². The molecule has 4 rings (SSSR count). The molecule has 0 amide bonds. The minimum absolute atomic E-state index is 0.00889. The number of amidine groups is 1. The third-order valence-corrected chi connectivity index (χ3v) is 4.47. The molecule has 5 N–H and O–H groups in total. The molecule has 0 saturated carbocycles. The van der Waals surface area contributed by atoms with Gasteiger partial charge in [-0.2, -0.15) is 0 Å². The van der Waals surface area contributed by atoms with Crippen LogP contribution in [-0.4, -0.2) is 31.0 Å². The van der Waals surface area contributed by atoms with Crippen molar-refractivity contribution >= 4 is 40.1 Å². The second-order valence-corrected chi connectivity index (χ2v) is 6.53. The van der Waals surface area contributed by atoms with Crippen LogP contribution in [0.15, 0.2) is 41.8 Å². The first kappa shape index (κ1) is 19.6. The molecular weight excluding hydrogens is 423 g/mol. The van der Waals surface area contributed by atoms with Gasteiger partial charge in [0.25, 0.3) is 0 Å². The van der Waals surface area contributed by atoms with Crippen molar-refractivity contribution in [2.24, 2.45) is 5.16 Å². The molecule has 0 bridgehead atoms. The highest BCUT2D eigenvalue weighted by molar-refractivity contribution is 6.31. The second kappa shape index (κ2) is 7.95. The number of benzene rings is 2. The number of aromatic nitrogens is 4. The molecule has 2 heterocycles. The molecule has 0 aliphatic rings. The quantitative estimate of drug-likeness (QED) is 0.139. The molecule has 2 aromatic carbocycles. The number of rotatable bonds is 5. The van der Waals surface area contributed by atoms with Gasteiger partial charge in [0, 0.05) is 23.6 Å². The van der Waals surface area contributed by atoms with Gasteiger partial charge in [-0.15, -0.1) is 0 Å². The fourth-order valence-corrected chi connectivity index (χ4v) is 2.97. The number of nitrogens with zero attached hydrogens (tertiary/aromatic N) is 3. The monoisotopic (exact) mass is 435 g/mol. The standard InChI is InChI=1S/C18H13ClF3N7O/c19-10-5-8(1-2-11(10)20)26-17(29-30)9-6-12(21)14(22)16-15(9)27-18(28-16)25-7-13-23-3-4-24-13/h1-6,30H,7H2,(H,23,24)(H,26,29)(H2,25,27,28). The fraction of sp³-hybridized carbons (Fsp3) is 0.0556. The minimum atomic E-state index is -1.19. The third kappa shape index (κ3) is 3.74. The number of anilines is 2. The van der Waals surface area contributed by atoms with Gasteiger partial charge in [-0.05, 0) is 24.3 Å². The normalized spacial score (nSPS) is 11.8. The van der Waals surface area contributed by atoms with Crippen LogP contribution in [0.4, 0.5) is 24.8 Å². The summed E-state index contributed by atoms with van der Waals surface area (Å²) in [6, 6.07) is 4.54. The van der Waals surface area contributed by atoms with Gasteiger partial charge >= 0.3 is 0 Å². The molecule has 0 atom stereocenters. The van der Waals surface area contributed by atoms with Crippen LogP contribution in [0.5, 0.6) is 0 Å². The molecule has 0 saturated heterocycles. The van der Waals surface area contributed by atoms with E-state index in [1.165, 1.54) is 12.1 Å². The van der Waals surface area contributed by atoms with Gasteiger partial charge in [0.15, 0.2) is 17.5 Å². The number of oxime groups is 1. The molecule has 0 aliphatic carbocycles. The first-order valence-electron chi connectivity index (χ1n) is 8.50. The molecule has 30 heavy (non-hydrogen) atoms. The lowest BCUT2D eigenvalue weighted by Gasteiger charge is -2.10. The van der Waals surface area contributed by atoms with Crippen LogP contribution < -0.4 is 10.6 Å². The summed E-state index contributed by atoms with van der Waals surface area (Å²) in [5.41, 5.74) is 0.0320. The zero-order valence-electron chi connectivity index (χ0n) is 15.0. The highest BCUT2D eigenvalue weighted by Crippen LogP contribution is 2.26. The van der Waals surface area contributed by atoms with Crippen LogP contribution in [0.25, 0.3) is 11.0 Å². The number of hydrogen-bond donors (Lipinski definition) is 5. The lowest BCUT2D eigenvalue weighted by Crippen LogP contribution is -2.15. The molecule has 4 aromatic rings. The highest BCUT2D eigenvalue weighted by atomic mass is 35.5. The largest absolute Gasteiger partial charge is 0.409 e. The van der Waals surface area contributed by atoms with E-state index in [0.29, 0.717) is 5.82 Å². The topological polar surface area (TPSA) is 114 Å². The van der Waals surface area contributed by atoms with E-state index in [2.05, 4.69) is 35.7 Å². The van der Waals surface area contributed by atoms with E-state index in [1.807, 2.05) is 0 Å². The summed E-state index contributed by atoms with van der Waals surface area (Å²) in [7, 11) is 0. The zero-order valence-corrected chi connectivity index (χ0v) is 15.7. The molecule has 154 valence electrons. The molecule has 12 heteroatoms. The number of aromatic amines is 2. The van der Waals surface area contributed by atoms with E-state index in [1.54, 1.807) is 12.4 Å². The van der Waals surface area contributed by atoms with Crippen molar-refractivity contribution in [2.75, 3.05) is 10.6 Å². The van der Waals surface area contributed by atoms with E-state index < -0.39 is 17.5 Å². The van der Waals surface area contributed by atoms with Gasteiger partial charge < -0.3 is 25.8 Å². The van der Waals surface area contributed by atoms with Crippen LogP contribution in [-0.2, 0) is 6.54 Å². The first-order valence-corrected chi connectivity index (χ1v) is 8.88. The molecule has 0 unspecified atom stereocenters. The van der Waals surface area contributed by atoms with Crippen molar-refractivity contribution in [3.8, 4) is 0 Å². The lowest BCUT2D eigenvalue weighted by molar-refractivity contribution is 0.319. The summed E-state index contributed by atoms with van der Waals surface area (Å²) in [5.74, 6) is -2.48. The smallest absolute Gasteiger partial charge is 0.201 e. The Kier molecular flexibility index (Phi) is 5.19. The lowest BCUT2D eigenvalue weighted by atomic mass is 10.1. The Morgan fingerprint density at radius 3 is 2.73 bits per heavy atom. The van der Waals surface area contributed by atoms with Crippen molar-refractivity contribution in [3.63, 3.8) is 0 Å². The van der Waals surface area contributed by atoms with Crippen LogP contribution in [0.3, 0.4) is 0 Å². The number of nitrogens with one attached hydrogen (secondary N) is 4. The number of H-pyrrole nitrogens is 2. The van der Waals surface area contributed by atoms with Crippen molar-refractivity contribution in [2.45, 2.75) is 6.54 Å². The summed E-state index contributed by atoms with van der Waals surface area (Å²) in [6.45, 7) is 0.250. The molecule has 0 fully saturated rings. The summed E-state index contributed by atoms with van der Waals surface area (Å²) in [4.78, 5) is 13.8. The number of halogens is 4. The number of fused-ring (bicyclic) bond motifs is 1. The Balaban J connectivity index is 1.70. The van der Waals surface area contributed by atoms with Crippen molar-refractivity contribution in [1.82, 2.24) is 19.9 Å². The van der Waals surface area contributed by atoms with E-state index >= 15 is 0 Å². The van der Waals surface area contributed by atoms with Crippen LogP contribution in [0.2, 0.25) is 5.02 Å². The first-order chi connectivity index (χ1) is 14.5. The van der Waals surface area contributed by atoms with E-state index in [-0.39, 0.29) is 45.6 Å². The van der Waals surface area contributed by atoms with Crippen molar-refractivity contribution in [1.29, 1.82) is 0 Å². The second-order valence-electron chi connectivity index (χ2n) is 6.12. The maximum Gasteiger partial charge on any atom is 0.201 e. The number of hydrogen-bond acceptors (Lipinski definition) is 5. The van der Waals surface area contributed by atoms with Gasteiger partial charge in [-0.25, -0.2) is 23.1 Å². The maximum atomic E-state index is 14.3. The minimum Gasteiger partial charge on any atom is -0.409 e. The average Bonchev–Trinajstić information content (AvgIpc) is 3.40. The predicted molar refractivity (Wildman–Crippen MR) is 105 cm³/mol. The SMILES string of the molecule is O/N=C(/Nc1ccc(F)c(Cl)c1)c1cc(F)c(F)c2nc(NCc3ncc[nH]3)[nH]c12. The van der Waals surface area contributed by atoms with Crippen molar-refractivity contribution in [3.05, 3.63) is 70.5 Å². The Labute approximate surface area is 171 Å². The summed E-state index contributed by atoms with van der Waals surface area (Å²) in [6.07, 6.45) is 3.21. The van der Waals surface area contributed by atoms with E-state index in [9.17, 15) is 18.4 Å².